The molecule has 2 atom stereocenters. The highest BCUT2D eigenvalue weighted by atomic mass is 32.2. The summed E-state index contributed by atoms with van der Waals surface area (Å²) in [6.07, 6.45) is 6.09. The van der Waals surface area contributed by atoms with Crippen molar-refractivity contribution in [3.8, 4) is 0 Å². The number of nitrogens with zero attached hydrogens (tertiary/aromatic N) is 1. The van der Waals surface area contributed by atoms with Crippen LogP contribution in [0, 0.1) is 0 Å². The molecule has 2 bridgehead atoms. The van der Waals surface area contributed by atoms with Gasteiger partial charge in [0, 0.05) is 18.1 Å². The van der Waals surface area contributed by atoms with Gasteiger partial charge in [0.2, 0.25) is 0 Å². The van der Waals surface area contributed by atoms with Crippen LogP contribution in [0.3, 0.4) is 0 Å². The molecule has 140 valence electrons. The van der Waals surface area contributed by atoms with Crippen LogP contribution in [0.5, 0.6) is 0 Å². The van der Waals surface area contributed by atoms with Crippen molar-refractivity contribution in [1.82, 2.24) is 10.2 Å². The Morgan fingerprint density at radius 1 is 1.28 bits per heavy atom. The van der Waals surface area contributed by atoms with Crippen LogP contribution in [0.25, 0.3) is 0 Å². The van der Waals surface area contributed by atoms with E-state index in [1.54, 1.807) is 11.8 Å². The molecule has 0 radical (unpaired) electrons. The lowest BCUT2D eigenvalue weighted by Crippen LogP contribution is -2.52. The van der Waals surface area contributed by atoms with Crippen molar-refractivity contribution in [3.63, 3.8) is 0 Å². The average Bonchev–Trinajstić information content (AvgIpc) is 3.07. The minimum absolute atomic E-state index is 0.147. The van der Waals surface area contributed by atoms with Crippen LogP contribution in [0.1, 0.15) is 58.0 Å². The molecular weight excluding hydrogens is 336 g/mol. The summed E-state index contributed by atoms with van der Waals surface area (Å²) in [6, 6.07) is 5.15. The first kappa shape index (κ1) is 18.6. The Labute approximate surface area is 154 Å². The van der Waals surface area contributed by atoms with Crippen molar-refractivity contribution in [1.29, 1.82) is 0 Å². The molecule has 0 aromatic carbocycles. The van der Waals surface area contributed by atoms with E-state index in [9.17, 15) is 4.79 Å². The fourth-order valence-corrected chi connectivity index (χ4v) is 4.38. The molecule has 6 heteroatoms. The zero-order chi connectivity index (χ0) is 18.0. The quantitative estimate of drug-likeness (QED) is 0.848. The predicted octanol–water partition coefficient (Wildman–Crippen LogP) is 4.16. The number of amides is 1. The van der Waals surface area contributed by atoms with Crippen LogP contribution in [0.4, 0.5) is 4.79 Å². The Morgan fingerprint density at radius 2 is 1.92 bits per heavy atom. The van der Waals surface area contributed by atoms with Crippen LogP contribution in [-0.2, 0) is 17.0 Å². The van der Waals surface area contributed by atoms with Gasteiger partial charge in [0.25, 0.3) is 0 Å². The van der Waals surface area contributed by atoms with Gasteiger partial charge in [-0.05, 0) is 64.8 Å². The highest BCUT2D eigenvalue weighted by Gasteiger charge is 2.44. The summed E-state index contributed by atoms with van der Waals surface area (Å²) in [5, 5.41) is 3.62. The number of carbonyl (C=O) groups is 1. The summed E-state index contributed by atoms with van der Waals surface area (Å²) in [7, 11) is 0. The van der Waals surface area contributed by atoms with E-state index in [2.05, 4.69) is 23.7 Å². The van der Waals surface area contributed by atoms with Gasteiger partial charge in [-0.25, -0.2) is 4.79 Å². The third-order valence-corrected chi connectivity index (χ3v) is 5.48. The van der Waals surface area contributed by atoms with Crippen molar-refractivity contribution in [3.05, 3.63) is 23.7 Å². The zero-order valence-corrected chi connectivity index (χ0v) is 16.5. The van der Waals surface area contributed by atoms with Gasteiger partial charge in [-0.15, -0.1) is 0 Å². The molecule has 0 aliphatic carbocycles. The summed E-state index contributed by atoms with van der Waals surface area (Å²) in [4.78, 5) is 14.5. The molecule has 5 nitrogen and oxygen atoms in total. The summed E-state index contributed by atoms with van der Waals surface area (Å²) < 4.78 is 11.4. The first-order valence-corrected chi connectivity index (χ1v) is 10.6. The van der Waals surface area contributed by atoms with E-state index < -0.39 is 5.60 Å². The Morgan fingerprint density at radius 3 is 2.52 bits per heavy atom. The minimum atomic E-state index is -0.431. The molecule has 0 spiro atoms. The Bertz CT molecular complexity index is 582. The maximum atomic E-state index is 12.5. The molecule has 0 saturated carbocycles. The van der Waals surface area contributed by atoms with E-state index >= 15 is 0 Å². The van der Waals surface area contributed by atoms with Gasteiger partial charge in [-0.2, -0.15) is 11.8 Å². The number of piperidine rings is 1. The lowest BCUT2D eigenvalue weighted by atomic mass is 9.97. The molecule has 3 heterocycles. The number of thioether (sulfide) groups is 1. The number of furan rings is 1. The summed E-state index contributed by atoms with van der Waals surface area (Å²) in [6.45, 7) is 6.53. The van der Waals surface area contributed by atoms with Gasteiger partial charge in [0.15, 0.2) is 0 Å². The van der Waals surface area contributed by atoms with Crippen LogP contribution in [0.2, 0.25) is 0 Å². The number of carbonyl (C=O) groups excluding carboxylic acids is 1. The van der Waals surface area contributed by atoms with Crippen LogP contribution >= 0.6 is 11.8 Å². The maximum Gasteiger partial charge on any atom is 0.410 e. The van der Waals surface area contributed by atoms with Gasteiger partial charge in [0.1, 0.15) is 17.1 Å². The number of rotatable bonds is 5. The number of hydrogen-bond acceptors (Lipinski definition) is 5. The summed E-state index contributed by atoms with van der Waals surface area (Å²) >= 11 is 1.77. The summed E-state index contributed by atoms with van der Waals surface area (Å²) in [5.41, 5.74) is -0.431. The highest BCUT2D eigenvalue weighted by Crippen LogP contribution is 2.37. The normalized spacial score (nSPS) is 26.1. The van der Waals surface area contributed by atoms with Crippen LogP contribution in [0.15, 0.2) is 16.5 Å². The second-order valence-electron chi connectivity index (χ2n) is 8.12. The molecule has 1 amide bonds. The first-order valence-electron chi connectivity index (χ1n) is 9.17. The van der Waals surface area contributed by atoms with E-state index in [1.165, 1.54) is 0 Å². The molecule has 1 aromatic heterocycles. The standard InChI is InChI=1S/C19H30N2O3S/c1-19(2,3)24-18(22)21-14-5-6-15(21)10-13(9-14)20-11-16-7-8-17(23-16)12-25-4/h7-8,13-15,20H,5-6,9-12H2,1-4H3. The average molecular weight is 367 g/mol. The zero-order valence-electron chi connectivity index (χ0n) is 15.7. The fourth-order valence-electron chi connectivity index (χ4n) is 3.94. The SMILES string of the molecule is CSCc1ccc(CNC2CC3CCC(C2)N3C(=O)OC(C)(C)C)o1. The molecule has 2 aliphatic heterocycles. The Hall–Kier alpha value is -1.14. The van der Waals surface area contributed by atoms with Crippen LogP contribution < -0.4 is 5.32 Å². The van der Waals surface area contributed by atoms with E-state index in [4.69, 9.17) is 9.15 Å². The molecule has 1 aromatic rings. The van der Waals surface area contributed by atoms with Gasteiger partial charge < -0.3 is 19.4 Å². The number of ether oxygens (including phenoxy) is 1. The van der Waals surface area contributed by atoms with E-state index in [0.29, 0.717) is 18.1 Å². The van der Waals surface area contributed by atoms with Gasteiger partial charge in [0.05, 0.1) is 12.3 Å². The van der Waals surface area contributed by atoms with E-state index in [1.807, 2.05) is 25.7 Å². The highest BCUT2D eigenvalue weighted by molar-refractivity contribution is 7.97. The lowest BCUT2D eigenvalue weighted by molar-refractivity contribution is 0.00458. The van der Waals surface area contributed by atoms with Crippen molar-refractivity contribution in [2.45, 2.75) is 82.5 Å². The molecule has 3 rings (SSSR count). The Balaban J connectivity index is 1.52. The summed E-state index contributed by atoms with van der Waals surface area (Å²) in [5.74, 6) is 2.94. The predicted molar refractivity (Wildman–Crippen MR) is 101 cm³/mol. The molecular formula is C19H30N2O3S. The molecule has 2 aliphatic rings. The second kappa shape index (κ2) is 7.62. The van der Waals surface area contributed by atoms with Gasteiger partial charge in [-0.1, -0.05) is 0 Å². The van der Waals surface area contributed by atoms with Crippen molar-refractivity contribution >= 4 is 17.9 Å². The molecule has 25 heavy (non-hydrogen) atoms. The van der Waals surface area contributed by atoms with Crippen LogP contribution in [-0.4, -0.2) is 41.0 Å². The molecule has 2 saturated heterocycles. The molecule has 2 fully saturated rings. The third kappa shape index (κ3) is 4.73. The lowest BCUT2D eigenvalue weighted by Gasteiger charge is -2.39. The van der Waals surface area contributed by atoms with Crippen molar-refractivity contribution < 1.29 is 13.9 Å². The largest absolute Gasteiger partial charge is 0.464 e. The van der Waals surface area contributed by atoms with E-state index in [0.717, 1.165) is 49.5 Å². The molecule has 1 N–H and O–H groups in total. The fraction of sp³-hybridized carbons (Fsp3) is 0.737. The number of hydrogen-bond donors (Lipinski definition) is 1. The van der Waals surface area contributed by atoms with Gasteiger partial charge >= 0.3 is 6.09 Å². The monoisotopic (exact) mass is 366 g/mol. The number of nitrogens with one attached hydrogen (secondary N) is 1. The van der Waals surface area contributed by atoms with Crippen molar-refractivity contribution in [2.24, 2.45) is 0 Å². The third-order valence-electron chi connectivity index (χ3n) is 4.91. The number of fused-ring (bicyclic) bond motifs is 2. The maximum absolute atomic E-state index is 12.5. The first-order chi connectivity index (χ1) is 11.9. The Kier molecular flexibility index (Phi) is 5.68. The minimum Gasteiger partial charge on any atom is -0.464 e. The smallest absolute Gasteiger partial charge is 0.410 e. The van der Waals surface area contributed by atoms with Crippen molar-refractivity contribution in [2.75, 3.05) is 6.26 Å². The molecule has 2 unspecified atom stereocenters. The van der Waals surface area contributed by atoms with Gasteiger partial charge in [-0.3, -0.25) is 0 Å². The second-order valence-corrected chi connectivity index (χ2v) is 8.99. The topological polar surface area (TPSA) is 54.7 Å². The van der Waals surface area contributed by atoms with E-state index in [-0.39, 0.29) is 6.09 Å².